The normalized spacial score (nSPS) is 15.2. The number of anilines is 2. The summed E-state index contributed by atoms with van der Waals surface area (Å²) >= 11 is 5.94. The van der Waals surface area contributed by atoms with Gasteiger partial charge in [-0.05, 0) is 54.4 Å². The lowest BCUT2D eigenvalue weighted by Gasteiger charge is -2.14. The highest BCUT2D eigenvalue weighted by Gasteiger charge is 2.29. The summed E-state index contributed by atoms with van der Waals surface area (Å²) in [6.45, 7) is 1.69. The van der Waals surface area contributed by atoms with Gasteiger partial charge in [0.15, 0.2) is 6.10 Å². The van der Waals surface area contributed by atoms with Gasteiger partial charge in [0, 0.05) is 17.1 Å². The third-order valence-corrected chi connectivity index (χ3v) is 6.52. The van der Waals surface area contributed by atoms with Crippen molar-refractivity contribution in [3.05, 3.63) is 82.9 Å². The van der Waals surface area contributed by atoms with Crippen LogP contribution in [0.4, 0.5) is 11.4 Å². The number of sulfonamides is 1. The second kappa shape index (κ2) is 8.01. The molecule has 0 aliphatic carbocycles. The van der Waals surface area contributed by atoms with E-state index in [0.29, 0.717) is 34.1 Å². The number of carbonyl (C=O) groups is 1. The van der Waals surface area contributed by atoms with Crippen molar-refractivity contribution >= 4 is 38.9 Å². The Kier molecular flexibility index (Phi) is 5.40. The Bertz CT molecular complexity index is 1200. The first kappa shape index (κ1) is 20.3. The molecule has 1 aliphatic rings. The van der Waals surface area contributed by atoms with Crippen LogP contribution >= 0.6 is 11.6 Å². The predicted octanol–water partition coefficient (Wildman–Crippen LogP) is 4.39. The molecule has 2 N–H and O–H groups in total. The van der Waals surface area contributed by atoms with Crippen molar-refractivity contribution in [2.45, 2.75) is 24.3 Å². The fraction of sp³-hybridized carbons (Fsp3) is 0.136. The smallest absolute Gasteiger partial charge is 0.265 e. The van der Waals surface area contributed by atoms with Crippen LogP contribution in [0.15, 0.2) is 71.6 Å². The predicted molar refractivity (Wildman–Crippen MR) is 117 cm³/mol. The molecule has 3 aromatic rings. The van der Waals surface area contributed by atoms with E-state index in [2.05, 4.69) is 10.0 Å². The molecule has 6 nitrogen and oxygen atoms in total. The van der Waals surface area contributed by atoms with Gasteiger partial charge in [-0.2, -0.15) is 0 Å². The maximum atomic E-state index is 12.9. The highest BCUT2D eigenvalue weighted by Crippen LogP contribution is 2.29. The van der Waals surface area contributed by atoms with Crippen molar-refractivity contribution in [1.82, 2.24) is 0 Å². The number of hydrogen-bond donors (Lipinski definition) is 2. The Morgan fingerprint density at radius 1 is 1.03 bits per heavy atom. The molecule has 0 saturated carbocycles. The van der Waals surface area contributed by atoms with E-state index in [-0.39, 0.29) is 10.8 Å². The van der Waals surface area contributed by atoms with Crippen molar-refractivity contribution in [3.63, 3.8) is 0 Å². The lowest BCUT2D eigenvalue weighted by atomic mass is 10.1. The van der Waals surface area contributed by atoms with Crippen LogP contribution in [0, 0.1) is 6.92 Å². The molecular formula is C22H19ClN2O4S. The number of amides is 1. The largest absolute Gasteiger partial charge is 0.480 e. The van der Waals surface area contributed by atoms with E-state index in [1.165, 1.54) is 12.1 Å². The maximum absolute atomic E-state index is 12.9. The molecular weight excluding hydrogens is 424 g/mol. The van der Waals surface area contributed by atoms with Crippen LogP contribution in [-0.2, 0) is 21.2 Å². The summed E-state index contributed by atoms with van der Waals surface area (Å²) in [6.07, 6.45) is -0.191. The summed E-state index contributed by atoms with van der Waals surface area (Å²) in [4.78, 5) is 12.7. The summed E-state index contributed by atoms with van der Waals surface area (Å²) in [7, 11) is -3.87. The van der Waals surface area contributed by atoms with Crippen molar-refractivity contribution in [2.24, 2.45) is 0 Å². The number of para-hydroxylation sites is 1. The zero-order valence-corrected chi connectivity index (χ0v) is 17.6. The Morgan fingerprint density at radius 3 is 2.60 bits per heavy atom. The number of rotatable bonds is 5. The maximum Gasteiger partial charge on any atom is 0.265 e. The van der Waals surface area contributed by atoms with Crippen molar-refractivity contribution in [3.8, 4) is 5.75 Å². The van der Waals surface area contributed by atoms with Crippen LogP contribution in [0.5, 0.6) is 5.75 Å². The highest BCUT2D eigenvalue weighted by molar-refractivity contribution is 7.92. The summed E-state index contributed by atoms with van der Waals surface area (Å²) < 4.78 is 34.0. The molecule has 30 heavy (non-hydrogen) atoms. The molecule has 1 aliphatic heterocycles. The molecule has 4 rings (SSSR count). The van der Waals surface area contributed by atoms with E-state index >= 15 is 0 Å². The molecule has 8 heteroatoms. The standard InChI is InChI=1S/C22H19ClN2O4S/c1-14-9-10-17(24-22(26)20-11-15-5-2-3-8-19(15)29-20)13-21(14)30(27,28)25-18-7-4-6-16(23)12-18/h2-10,12-13,20,25H,11H2,1H3,(H,24,26). The Hall–Kier alpha value is -3.03. The molecule has 0 radical (unpaired) electrons. The number of hydrogen-bond acceptors (Lipinski definition) is 4. The van der Waals surface area contributed by atoms with E-state index in [1.807, 2.05) is 24.3 Å². The number of benzene rings is 3. The fourth-order valence-corrected chi connectivity index (χ4v) is 4.79. The van der Waals surface area contributed by atoms with Gasteiger partial charge in [-0.1, -0.05) is 41.9 Å². The minimum atomic E-state index is -3.87. The highest BCUT2D eigenvalue weighted by atomic mass is 35.5. The number of carbonyl (C=O) groups excluding carboxylic acids is 1. The molecule has 0 saturated heterocycles. The molecule has 0 fully saturated rings. The summed E-state index contributed by atoms with van der Waals surface area (Å²) in [5, 5.41) is 3.18. The molecule has 0 aromatic heterocycles. The van der Waals surface area contributed by atoms with E-state index in [9.17, 15) is 13.2 Å². The fourth-order valence-electron chi connectivity index (χ4n) is 3.28. The van der Waals surface area contributed by atoms with Crippen LogP contribution in [0.2, 0.25) is 5.02 Å². The summed E-state index contributed by atoms with van der Waals surface area (Å²) in [5.74, 6) is 0.358. The molecule has 0 spiro atoms. The van der Waals surface area contributed by atoms with Crippen LogP contribution in [0.3, 0.4) is 0 Å². The summed E-state index contributed by atoms with van der Waals surface area (Å²) in [6, 6.07) is 18.7. The lowest BCUT2D eigenvalue weighted by molar-refractivity contribution is -0.122. The Morgan fingerprint density at radius 2 is 1.83 bits per heavy atom. The third-order valence-electron chi connectivity index (χ3n) is 4.76. The quantitative estimate of drug-likeness (QED) is 0.613. The van der Waals surface area contributed by atoms with Gasteiger partial charge in [0.05, 0.1) is 10.6 Å². The molecule has 0 bridgehead atoms. The molecule has 154 valence electrons. The van der Waals surface area contributed by atoms with Gasteiger partial charge in [0.1, 0.15) is 5.75 Å². The van der Waals surface area contributed by atoms with Crippen LogP contribution in [0.25, 0.3) is 0 Å². The van der Waals surface area contributed by atoms with Gasteiger partial charge in [-0.3, -0.25) is 9.52 Å². The van der Waals surface area contributed by atoms with Crippen LogP contribution in [-0.4, -0.2) is 20.4 Å². The molecule has 1 amide bonds. The van der Waals surface area contributed by atoms with Crippen LogP contribution < -0.4 is 14.8 Å². The molecule has 1 heterocycles. The first-order valence-electron chi connectivity index (χ1n) is 9.26. The van der Waals surface area contributed by atoms with E-state index in [0.717, 1.165) is 5.56 Å². The van der Waals surface area contributed by atoms with Gasteiger partial charge in [0.25, 0.3) is 15.9 Å². The topological polar surface area (TPSA) is 84.5 Å². The number of halogens is 1. The zero-order chi connectivity index (χ0) is 21.3. The van der Waals surface area contributed by atoms with Crippen molar-refractivity contribution < 1.29 is 17.9 Å². The lowest BCUT2D eigenvalue weighted by Crippen LogP contribution is -2.31. The minimum absolute atomic E-state index is 0.0656. The van der Waals surface area contributed by atoms with Gasteiger partial charge < -0.3 is 10.1 Å². The molecule has 1 unspecified atom stereocenters. The second-order valence-corrected chi connectivity index (χ2v) is 9.09. The SMILES string of the molecule is Cc1ccc(NC(=O)C2Cc3ccccc3O2)cc1S(=O)(=O)Nc1cccc(Cl)c1. The molecule has 3 aromatic carbocycles. The number of nitrogens with one attached hydrogen (secondary N) is 2. The van der Waals surface area contributed by atoms with Crippen LogP contribution in [0.1, 0.15) is 11.1 Å². The van der Waals surface area contributed by atoms with Gasteiger partial charge in [0.2, 0.25) is 0 Å². The number of ether oxygens (including phenoxy) is 1. The summed E-state index contributed by atoms with van der Waals surface area (Å²) in [5.41, 5.74) is 2.24. The van der Waals surface area contributed by atoms with Crippen molar-refractivity contribution in [2.75, 3.05) is 10.0 Å². The number of fused-ring (bicyclic) bond motifs is 1. The van der Waals surface area contributed by atoms with E-state index < -0.39 is 16.1 Å². The first-order chi connectivity index (χ1) is 14.3. The Balaban J connectivity index is 1.52. The number of aryl methyl sites for hydroxylation is 1. The van der Waals surface area contributed by atoms with E-state index in [1.54, 1.807) is 37.3 Å². The molecule has 1 atom stereocenters. The van der Waals surface area contributed by atoms with Gasteiger partial charge in [-0.25, -0.2) is 8.42 Å². The van der Waals surface area contributed by atoms with Gasteiger partial charge >= 0.3 is 0 Å². The average Bonchev–Trinajstić information content (AvgIpc) is 3.13. The van der Waals surface area contributed by atoms with E-state index in [4.69, 9.17) is 16.3 Å². The minimum Gasteiger partial charge on any atom is -0.480 e. The third kappa shape index (κ3) is 4.27. The first-order valence-corrected chi connectivity index (χ1v) is 11.1. The second-order valence-electron chi connectivity index (χ2n) is 7.00. The zero-order valence-electron chi connectivity index (χ0n) is 16.1. The van der Waals surface area contributed by atoms with Gasteiger partial charge in [-0.15, -0.1) is 0 Å². The average molecular weight is 443 g/mol. The monoisotopic (exact) mass is 442 g/mol. The Labute approximate surface area is 179 Å². The van der Waals surface area contributed by atoms with Crippen molar-refractivity contribution in [1.29, 1.82) is 0 Å².